The molecule has 0 aliphatic carbocycles. The Bertz CT molecular complexity index is 887. The lowest BCUT2D eigenvalue weighted by molar-refractivity contribution is -0.308. The van der Waals surface area contributed by atoms with Gasteiger partial charge < -0.3 is 19.3 Å². The summed E-state index contributed by atoms with van der Waals surface area (Å²) in [5.41, 5.74) is 3.48. The molecule has 3 aliphatic heterocycles. The molecule has 1 amide bonds. The highest BCUT2D eigenvalue weighted by Crippen LogP contribution is 2.42. The van der Waals surface area contributed by atoms with Crippen molar-refractivity contribution in [2.45, 2.75) is 44.8 Å². The Labute approximate surface area is 199 Å². The summed E-state index contributed by atoms with van der Waals surface area (Å²) < 4.78 is 85.4. The number of benzene rings is 1. The monoisotopic (exact) mass is 509 g/mol. The molecular weight excluding hydrogens is 480 g/mol. The Morgan fingerprint density at radius 2 is 1.63 bits per heavy atom. The molecule has 12 heteroatoms. The normalized spacial score (nSPS) is 21.4. The number of alkyl halides is 6. The van der Waals surface area contributed by atoms with E-state index >= 15 is 0 Å². The van der Waals surface area contributed by atoms with E-state index in [4.69, 9.17) is 4.74 Å². The molecule has 3 fully saturated rings. The zero-order valence-electron chi connectivity index (χ0n) is 19.4. The molecule has 0 aromatic heterocycles. The predicted molar refractivity (Wildman–Crippen MR) is 115 cm³/mol. The van der Waals surface area contributed by atoms with Crippen LogP contribution in [0.2, 0.25) is 0 Å². The minimum Gasteiger partial charge on any atom is -0.426 e. The molecule has 4 rings (SSSR count). The van der Waals surface area contributed by atoms with Crippen molar-refractivity contribution >= 4 is 11.8 Å². The third-order valence-corrected chi connectivity index (χ3v) is 7.00. The number of aryl methyl sites for hydroxylation is 1. The minimum absolute atomic E-state index is 0.0681. The quantitative estimate of drug-likeness (QED) is 0.565. The summed E-state index contributed by atoms with van der Waals surface area (Å²) in [7, 11) is 0. The SMILES string of the molecule is Cc1ccc(CN2CC3(CCN(C(=O)OC(C(F)(F)F)C(F)(F)F)CC3)C2)c(N2CCOCC2)c1. The number of amides is 1. The zero-order chi connectivity index (χ0) is 25.4. The molecule has 0 bridgehead atoms. The first-order valence-electron chi connectivity index (χ1n) is 11.6. The van der Waals surface area contributed by atoms with E-state index in [-0.39, 0.29) is 18.5 Å². The highest BCUT2D eigenvalue weighted by molar-refractivity contribution is 5.68. The van der Waals surface area contributed by atoms with Gasteiger partial charge >= 0.3 is 18.4 Å². The van der Waals surface area contributed by atoms with Crippen molar-refractivity contribution in [3.8, 4) is 0 Å². The summed E-state index contributed by atoms with van der Waals surface area (Å²) in [4.78, 5) is 17.6. The van der Waals surface area contributed by atoms with E-state index in [0.717, 1.165) is 37.6 Å². The summed E-state index contributed by atoms with van der Waals surface area (Å²) in [6.45, 7) is 7.50. The number of morpholine rings is 1. The first-order valence-corrected chi connectivity index (χ1v) is 11.6. The molecule has 0 radical (unpaired) electrons. The summed E-state index contributed by atoms with van der Waals surface area (Å²) in [6, 6.07) is 6.38. The van der Waals surface area contributed by atoms with Crippen LogP contribution in [0.5, 0.6) is 0 Å². The van der Waals surface area contributed by atoms with Crippen molar-refractivity contribution in [1.29, 1.82) is 0 Å². The lowest BCUT2D eigenvalue weighted by Gasteiger charge is -2.54. The van der Waals surface area contributed by atoms with Gasteiger partial charge in [0.05, 0.1) is 13.2 Å². The van der Waals surface area contributed by atoms with Crippen molar-refractivity contribution in [3.05, 3.63) is 29.3 Å². The molecule has 1 spiro atoms. The van der Waals surface area contributed by atoms with Crippen LogP contribution in [0.3, 0.4) is 0 Å². The van der Waals surface area contributed by atoms with E-state index in [2.05, 4.69) is 39.7 Å². The molecule has 3 saturated heterocycles. The summed E-state index contributed by atoms with van der Waals surface area (Å²) in [5, 5.41) is 0. The van der Waals surface area contributed by atoms with Crippen molar-refractivity contribution in [1.82, 2.24) is 9.80 Å². The number of carbonyl (C=O) groups is 1. The number of hydrogen-bond acceptors (Lipinski definition) is 5. The van der Waals surface area contributed by atoms with E-state index in [1.807, 2.05) is 0 Å². The highest BCUT2D eigenvalue weighted by atomic mass is 19.4. The molecule has 3 heterocycles. The number of likely N-dealkylation sites (tertiary alicyclic amines) is 2. The van der Waals surface area contributed by atoms with E-state index in [1.165, 1.54) is 16.8 Å². The van der Waals surface area contributed by atoms with Gasteiger partial charge in [-0.3, -0.25) is 4.90 Å². The average Bonchev–Trinajstić information content (AvgIpc) is 2.77. The van der Waals surface area contributed by atoms with E-state index < -0.39 is 24.5 Å². The van der Waals surface area contributed by atoms with Gasteiger partial charge in [-0.1, -0.05) is 12.1 Å². The maximum absolute atomic E-state index is 12.7. The van der Waals surface area contributed by atoms with Crippen LogP contribution in [0.25, 0.3) is 0 Å². The largest absolute Gasteiger partial charge is 0.434 e. The third-order valence-electron chi connectivity index (χ3n) is 7.00. The number of ether oxygens (including phenoxy) is 2. The van der Waals surface area contributed by atoms with Crippen LogP contribution in [0.15, 0.2) is 18.2 Å². The summed E-state index contributed by atoms with van der Waals surface area (Å²) in [6.07, 6.45) is -16.1. The maximum Gasteiger partial charge on any atom is 0.434 e. The van der Waals surface area contributed by atoms with E-state index in [9.17, 15) is 31.1 Å². The van der Waals surface area contributed by atoms with Crippen LogP contribution in [0.1, 0.15) is 24.0 Å². The molecule has 35 heavy (non-hydrogen) atoms. The standard InChI is InChI=1S/C23H29F6N3O3/c1-16-2-3-17(18(12-16)31-8-10-34-11-9-31)13-30-14-21(15-30)4-6-32(7-5-21)20(33)35-19(22(24,25)26)23(27,28)29/h2-3,12,19H,4-11,13-15H2,1H3. The van der Waals surface area contributed by atoms with Gasteiger partial charge in [0.25, 0.3) is 6.10 Å². The van der Waals surface area contributed by atoms with Gasteiger partial charge in [-0.2, -0.15) is 26.3 Å². The van der Waals surface area contributed by atoms with Gasteiger partial charge in [0.2, 0.25) is 0 Å². The first kappa shape index (κ1) is 25.9. The Hall–Kier alpha value is -2.21. The topological polar surface area (TPSA) is 45.2 Å². The van der Waals surface area contributed by atoms with Crippen molar-refractivity contribution in [2.75, 3.05) is 57.4 Å². The molecular formula is C23H29F6N3O3. The van der Waals surface area contributed by atoms with E-state index in [1.54, 1.807) is 0 Å². The minimum atomic E-state index is -5.71. The number of piperidine rings is 1. The lowest BCUT2D eigenvalue weighted by Crippen LogP contribution is -2.60. The maximum atomic E-state index is 12.7. The number of anilines is 1. The van der Waals surface area contributed by atoms with Crippen molar-refractivity contribution in [3.63, 3.8) is 0 Å². The Morgan fingerprint density at radius 1 is 1.03 bits per heavy atom. The van der Waals surface area contributed by atoms with Gasteiger partial charge in [-0.15, -0.1) is 0 Å². The van der Waals surface area contributed by atoms with Crippen molar-refractivity contribution < 1.29 is 40.6 Å². The zero-order valence-corrected chi connectivity index (χ0v) is 19.4. The van der Waals surface area contributed by atoms with Crippen LogP contribution in [0, 0.1) is 12.3 Å². The molecule has 0 saturated carbocycles. The van der Waals surface area contributed by atoms with Gasteiger partial charge in [0.15, 0.2) is 0 Å². The summed E-state index contributed by atoms with van der Waals surface area (Å²) in [5.74, 6) is 0. The number of rotatable bonds is 4. The van der Waals surface area contributed by atoms with Crippen LogP contribution >= 0.6 is 0 Å². The number of hydrogen-bond donors (Lipinski definition) is 0. The van der Waals surface area contributed by atoms with Gasteiger partial charge in [-0.25, -0.2) is 4.79 Å². The van der Waals surface area contributed by atoms with Crippen LogP contribution < -0.4 is 4.90 Å². The fourth-order valence-corrected chi connectivity index (χ4v) is 5.14. The second-order valence-electron chi connectivity index (χ2n) is 9.71. The van der Waals surface area contributed by atoms with Crippen LogP contribution in [-0.4, -0.2) is 86.8 Å². The Balaban J connectivity index is 1.30. The fraction of sp³-hybridized carbons (Fsp3) is 0.696. The lowest BCUT2D eigenvalue weighted by atomic mass is 9.72. The fourth-order valence-electron chi connectivity index (χ4n) is 5.14. The Morgan fingerprint density at radius 3 is 2.20 bits per heavy atom. The molecule has 0 unspecified atom stereocenters. The second-order valence-corrected chi connectivity index (χ2v) is 9.71. The van der Waals surface area contributed by atoms with Crippen LogP contribution in [0.4, 0.5) is 36.8 Å². The molecule has 0 atom stereocenters. The molecule has 6 nitrogen and oxygen atoms in total. The average molecular weight is 509 g/mol. The van der Waals surface area contributed by atoms with E-state index in [0.29, 0.717) is 26.1 Å². The van der Waals surface area contributed by atoms with Gasteiger partial charge in [-0.05, 0) is 42.4 Å². The molecule has 196 valence electrons. The smallest absolute Gasteiger partial charge is 0.426 e. The number of carbonyl (C=O) groups excluding carboxylic acids is 1. The molecule has 0 N–H and O–H groups in total. The number of halogens is 6. The first-order chi connectivity index (χ1) is 16.4. The third kappa shape index (κ3) is 5.96. The van der Waals surface area contributed by atoms with Gasteiger partial charge in [0.1, 0.15) is 0 Å². The number of nitrogens with zero attached hydrogens (tertiary/aromatic N) is 3. The highest BCUT2D eigenvalue weighted by Gasteiger charge is 2.60. The van der Waals surface area contributed by atoms with Gasteiger partial charge in [0, 0.05) is 51.5 Å². The molecule has 1 aromatic carbocycles. The summed E-state index contributed by atoms with van der Waals surface area (Å²) >= 11 is 0. The van der Waals surface area contributed by atoms with Crippen LogP contribution in [-0.2, 0) is 16.0 Å². The molecule has 1 aromatic rings. The predicted octanol–water partition coefficient (Wildman–Crippen LogP) is 4.36. The molecule has 3 aliphatic rings. The van der Waals surface area contributed by atoms with Crippen molar-refractivity contribution in [2.24, 2.45) is 5.41 Å². The second kappa shape index (κ2) is 9.68. The Kier molecular flexibility index (Phi) is 7.16.